The van der Waals surface area contributed by atoms with E-state index in [0.29, 0.717) is 0 Å². The first-order valence-corrected chi connectivity index (χ1v) is 7.18. The standard InChI is InChI=1S/C9H10Cl3NO3S/c1-5(14)4-13-17(15,16)9-3-7(11)6(10)2-8(9)12/h2-3,5,13-14H,4H2,1H3. The molecule has 0 amide bonds. The van der Waals surface area contributed by atoms with E-state index in [4.69, 9.17) is 39.9 Å². The summed E-state index contributed by atoms with van der Waals surface area (Å²) in [4.78, 5) is -0.172. The van der Waals surface area contributed by atoms with Gasteiger partial charge in [0.15, 0.2) is 0 Å². The summed E-state index contributed by atoms with van der Waals surface area (Å²) in [6.45, 7) is 1.35. The zero-order valence-electron chi connectivity index (χ0n) is 8.75. The Morgan fingerprint density at radius 2 is 1.76 bits per heavy atom. The van der Waals surface area contributed by atoms with E-state index in [1.807, 2.05) is 0 Å². The van der Waals surface area contributed by atoms with Crippen LogP contribution in [0.25, 0.3) is 0 Å². The van der Waals surface area contributed by atoms with Gasteiger partial charge in [-0.15, -0.1) is 0 Å². The summed E-state index contributed by atoms with van der Waals surface area (Å²) < 4.78 is 25.8. The van der Waals surface area contributed by atoms with Crippen LogP contribution in [0.4, 0.5) is 0 Å². The van der Waals surface area contributed by atoms with Gasteiger partial charge in [0.1, 0.15) is 4.90 Å². The molecule has 0 aliphatic heterocycles. The Kier molecular flexibility index (Phi) is 5.07. The Labute approximate surface area is 115 Å². The van der Waals surface area contributed by atoms with Gasteiger partial charge in [-0.05, 0) is 19.1 Å². The average Bonchev–Trinajstić information content (AvgIpc) is 2.20. The van der Waals surface area contributed by atoms with E-state index in [2.05, 4.69) is 4.72 Å². The zero-order chi connectivity index (χ0) is 13.2. The summed E-state index contributed by atoms with van der Waals surface area (Å²) >= 11 is 17.2. The lowest BCUT2D eigenvalue weighted by molar-refractivity contribution is 0.198. The van der Waals surface area contributed by atoms with Crippen LogP contribution in [0.5, 0.6) is 0 Å². The molecule has 8 heteroatoms. The van der Waals surface area contributed by atoms with Crippen molar-refractivity contribution in [3.8, 4) is 0 Å². The summed E-state index contributed by atoms with van der Waals surface area (Å²) in [5, 5.41) is 9.26. The summed E-state index contributed by atoms with van der Waals surface area (Å²) in [6, 6.07) is 2.42. The lowest BCUT2D eigenvalue weighted by Gasteiger charge is -2.10. The van der Waals surface area contributed by atoms with Crippen LogP contribution >= 0.6 is 34.8 Å². The molecule has 2 N–H and O–H groups in total. The number of hydrogen-bond donors (Lipinski definition) is 2. The smallest absolute Gasteiger partial charge is 0.242 e. The molecule has 1 atom stereocenters. The summed E-state index contributed by atoms with van der Waals surface area (Å²) in [5.41, 5.74) is 0. The second-order valence-electron chi connectivity index (χ2n) is 3.40. The molecular weight excluding hydrogens is 309 g/mol. The zero-order valence-corrected chi connectivity index (χ0v) is 11.8. The highest BCUT2D eigenvalue weighted by Gasteiger charge is 2.20. The third-order valence-electron chi connectivity index (χ3n) is 1.83. The minimum absolute atomic E-state index is 0.0301. The molecule has 0 aliphatic rings. The first kappa shape index (κ1) is 15.0. The van der Waals surface area contributed by atoms with Gasteiger partial charge in [0.05, 0.1) is 21.2 Å². The molecule has 0 aromatic heterocycles. The Morgan fingerprint density at radius 1 is 1.24 bits per heavy atom. The summed E-state index contributed by atoms with van der Waals surface area (Å²) in [5.74, 6) is 0. The predicted molar refractivity (Wildman–Crippen MR) is 68.3 cm³/mol. The van der Waals surface area contributed by atoms with E-state index >= 15 is 0 Å². The molecular formula is C9H10Cl3NO3S. The van der Waals surface area contributed by atoms with Crippen molar-refractivity contribution in [1.29, 1.82) is 0 Å². The number of halogens is 3. The molecule has 0 aliphatic carbocycles. The number of rotatable bonds is 4. The van der Waals surface area contributed by atoms with Gasteiger partial charge in [0.25, 0.3) is 0 Å². The van der Waals surface area contributed by atoms with Crippen molar-refractivity contribution >= 4 is 44.8 Å². The minimum Gasteiger partial charge on any atom is -0.392 e. The Bertz CT molecular complexity index is 516. The maximum Gasteiger partial charge on any atom is 0.242 e. The molecule has 17 heavy (non-hydrogen) atoms. The van der Waals surface area contributed by atoms with Crippen molar-refractivity contribution in [3.63, 3.8) is 0 Å². The average molecular weight is 319 g/mol. The Balaban J connectivity index is 3.11. The van der Waals surface area contributed by atoms with Crippen LogP contribution < -0.4 is 4.72 Å². The molecule has 1 aromatic rings. The molecule has 1 rings (SSSR count). The number of aliphatic hydroxyl groups excluding tert-OH is 1. The predicted octanol–water partition coefficient (Wildman–Crippen LogP) is 2.31. The fraction of sp³-hybridized carbons (Fsp3) is 0.333. The van der Waals surface area contributed by atoms with Crippen LogP contribution in [-0.4, -0.2) is 26.2 Å². The molecule has 0 spiro atoms. The van der Waals surface area contributed by atoms with Crippen LogP contribution in [0.1, 0.15) is 6.92 Å². The van der Waals surface area contributed by atoms with Crippen molar-refractivity contribution in [2.24, 2.45) is 0 Å². The van der Waals surface area contributed by atoms with E-state index in [0.717, 1.165) is 6.07 Å². The van der Waals surface area contributed by atoms with Crippen LogP contribution in [0, 0.1) is 0 Å². The van der Waals surface area contributed by atoms with Crippen LogP contribution in [0.2, 0.25) is 15.1 Å². The number of sulfonamides is 1. The second kappa shape index (κ2) is 5.73. The van der Waals surface area contributed by atoms with Crippen molar-refractivity contribution in [2.45, 2.75) is 17.9 Å². The van der Waals surface area contributed by atoms with Gasteiger partial charge in [0.2, 0.25) is 10.0 Å². The van der Waals surface area contributed by atoms with Gasteiger partial charge in [-0.3, -0.25) is 0 Å². The van der Waals surface area contributed by atoms with Crippen LogP contribution in [0.3, 0.4) is 0 Å². The first-order valence-electron chi connectivity index (χ1n) is 4.56. The molecule has 96 valence electrons. The molecule has 0 heterocycles. The molecule has 0 saturated carbocycles. The third kappa shape index (κ3) is 3.98. The highest BCUT2D eigenvalue weighted by atomic mass is 35.5. The number of aliphatic hydroxyl groups is 1. The van der Waals surface area contributed by atoms with Crippen LogP contribution in [-0.2, 0) is 10.0 Å². The minimum atomic E-state index is -3.81. The largest absolute Gasteiger partial charge is 0.392 e. The van der Waals surface area contributed by atoms with Gasteiger partial charge in [-0.1, -0.05) is 34.8 Å². The molecule has 0 fully saturated rings. The molecule has 0 radical (unpaired) electrons. The van der Waals surface area contributed by atoms with Gasteiger partial charge >= 0.3 is 0 Å². The van der Waals surface area contributed by atoms with Gasteiger partial charge in [0, 0.05) is 6.54 Å². The summed E-state index contributed by atoms with van der Waals surface area (Å²) in [6.07, 6.45) is -0.800. The monoisotopic (exact) mass is 317 g/mol. The second-order valence-corrected chi connectivity index (χ2v) is 6.35. The molecule has 4 nitrogen and oxygen atoms in total. The van der Waals surface area contributed by atoms with Crippen LogP contribution in [0.15, 0.2) is 17.0 Å². The maximum absolute atomic E-state index is 11.8. The van der Waals surface area contributed by atoms with E-state index in [9.17, 15) is 8.42 Å². The third-order valence-corrected chi connectivity index (χ3v) is 4.44. The van der Waals surface area contributed by atoms with Gasteiger partial charge in [-0.2, -0.15) is 0 Å². The van der Waals surface area contributed by atoms with E-state index in [1.165, 1.54) is 13.0 Å². The molecule has 1 aromatic carbocycles. The van der Waals surface area contributed by atoms with Crippen molar-refractivity contribution in [2.75, 3.05) is 6.54 Å². The SMILES string of the molecule is CC(O)CNS(=O)(=O)c1cc(Cl)c(Cl)cc1Cl. The molecule has 0 bridgehead atoms. The van der Waals surface area contributed by atoms with Crippen molar-refractivity contribution < 1.29 is 13.5 Å². The molecule has 0 saturated heterocycles. The number of hydrogen-bond acceptors (Lipinski definition) is 3. The highest BCUT2D eigenvalue weighted by molar-refractivity contribution is 7.89. The van der Waals surface area contributed by atoms with E-state index in [1.54, 1.807) is 0 Å². The van der Waals surface area contributed by atoms with E-state index < -0.39 is 16.1 Å². The number of nitrogens with one attached hydrogen (secondary N) is 1. The van der Waals surface area contributed by atoms with E-state index in [-0.39, 0.29) is 26.5 Å². The normalized spacial score (nSPS) is 13.7. The summed E-state index contributed by atoms with van der Waals surface area (Å²) in [7, 11) is -3.81. The fourth-order valence-electron chi connectivity index (χ4n) is 1.02. The van der Waals surface area contributed by atoms with Gasteiger partial charge < -0.3 is 5.11 Å². The highest BCUT2D eigenvalue weighted by Crippen LogP contribution is 2.31. The first-order chi connectivity index (χ1) is 7.74. The lowest BCUT2D eigenvalue weighted by atomic mass is 10.4. The Morgan fingerprint density at radius 3 is 2.29 bits per heavy atom. The van der Waals surface area contributed by atoms with Gasteiger partial charge in [-0.25, -0.2) is 13.1 Å². The van der Waals surface area contributed by atoms with Crippen molar-refractivity contribution in [1.82, 2.24) is 4.72 Å². The number of benzene rings is 1. The lowest BCUT2D eigenvalue weighted by Crippen LogP contribution is -2.30. The fourth-order valence-corrected chi connectivity index (χ4v) is 3.14. The topological polar surface area (TPSA) is 66.4 Å². The quantitative estimate of drug-likeness (QED) is 0.837. The molecule has 1 unspecified atom stereocenters. The maximum atomic E-state index is 11.8. The van der Waals surface area contributed by atoms with Crippen molar-refractivity contribution in [3.05, 3.63) is 27.2 Å². The Hall–Kier alpha value is -0.0400.